The van der Waals surface area contributed by atoms with Crippen LogP contribution in [0.4, 0.5) is 13.2 Å². The van der Waals surface area contributed by atoms with Gasteiger partial charge in [0.1, 0.15) is 6.33 Å². The van der Waals surface area contributed by atoms with Gasteiger partial charge in [-0.05, 0) is 36.5 Å². The first-order valence-electron chi connectivity index (χ1n) is 6.27. The van der Waals surface area contributed by atoms with Gasteiger partial charge in [-0.15, -0.1) is 5.10 Å². The Hall–Kier alpha value is -1.32. The summed E-state index contributed by atoms with van der Waals surface area (Å²) in [5.74, 6) is -0.560. The third-order valence-corrected chi connectivity index (χ3v) is 2.93. The van der Waals surface area contributed by atoms with Crippen molar-refractivity contribution in [1.29, 1.82) is 0 Å². The lowest BCUT2D eigenvalue weighted by Crippen LogP contribution is -2.08. The van der Waals surface area contributed by atoms with Crippen LogP contribution in [0, 0.1) is 0 Å². The summed E-state index contributed by atoms with van der Waals surface area (Å²) in [5.41, 5.74) is 1.76. The zero-order valence-electron chi connectivity index (χ0n) is 11.3. The van der Waals surface area contributed by atoms with Gasteiger partial charge in [0.25, 0.3) is 5.82 Å². The van der Waals surface area contributed by atoms with E-state index in [1.54, 1.807) is 6.07 Å². The molecule has 0 spiro atoms. The lowest BCUT2D eigenvalue weighted by Gasteiger charge is -2.04. The summed E-state index contributed by atoms with van der Waals surface area (Å²) < 4.78 is 56.7. The van der Waals surface area contributed by atoms with Gasteiger partial charge in [-0.25, -0.2) is 9.67 Å². The summed E-state index contributed by atoms with van der Waals surface area (Å²) >= 11 is 0. The molecule has 3 rings (SSSR count). The summed E-state index contributed by atoms with van der Waals surface area (Å²) in [5, 5.41) is 3.45. The SMILES string of the molecule is FC(F)(F)c1ncn(-c2cccc(C3CC3)c2)n1.O=S(=O)(Cl)Cl. The topological polar surface area (TPSA) is 64.8 Å². The molecule has 1 aromatic carbocycles. The summed E-state index contributed by atoms with van der Waals surface area (Å²) in [7, 11) is 4.81. The van der Waals surface area contributed by atoms with Gasteiger partial charge < -0.3 is 0 Å². The minimum Gasteiger partial charge on any atom is -0.220 e. The molecule has 0 unspecified atom stereocenters. The minimum absolute atomic E-state index is 0.551. The van der Waals surface area contributed by atoms with Crippen LogP contribution in [0.25, 0.3) is 5.69 Å². The molecule has 1 aromatic heterocycles. The number of hydrogen-bond donors (Lipinski definition) is 0. The Morgan fingerprint density at radius 1 is 1.22 bits per heavy atom. The van der Waals surface area contributed by atoms with Crippen molar-refractivity contribution in [2.45, 2.75) is 24.9 Å². The van der Waals surface area contributed by atoms with E-state index >= 15 is 0 Å². The smallest absolute Gasteiger partial charge is 0.220 e. The summed E-state index contributed by atoms with van der Waals surface area (Å²) in [4.78, 5) is 3.28. The van der Waals surface area contributed by atoms with Gasteiger partial charge in [-0.3, -0.25) is 0 Å². The molecular formula is C12H10Cl2F3N3O2S. The number of aromatic nitrogens is 3. The van der Waals surface area contributed by atoms with Crippen LogP contribution in [-0.2, 0) is 14.4 Å². The Morgan fingerprint density at radius 2 is 1.83 bits per heavy atom. The molecular weight excluding hydrogens is 378 g/mol. The highest BCUT2D eigenvalue weighted by Crippen LogP contribution is 2.40. The summed E-state index contributed by atoms with van der Waals surface area (Å²) in [6.45, 7) is 0. The highest BCUT2D eigenvalue weighted by molar-refractivity contribution is 8.31. The molecule has 0 saturated heterocycles. The van der Waals surface area contributed by atoms with Crippen LogP contribution in [-0.4, -0.2) is 23.2 Å². The molecule has 2 aromatic rings. The van der Waals surface area contributed by atoms with Gasteiger partial charge in [0.15, 0.2) is 0 Å². The third kappa shape index (κ3) is 6.00. The van der Waals surface area contributed by atoms with Gasteiger partial charge in [0, 0.05) is 21.4 Å². The molecule has 23 heavy (non-hydrogen) atoms. The first-order chi connectivity index (χ1) is 10.5. The molecule has 126 valence electrons. The van der Waals surface area contributed by atoms with Crippen molar-refractivity contribution in [2.75, 3.05) is 0 Å². The zero-order valence-corrected chi connectivity index (χ0v) is 13.7. The highest BCUT2D eigenvalue weighted by atomic mass is 36.0. The van der Waals surface area contributed by atoms with E-state index in [-0.39, 0.29) is 0 Å². The van der Waals surface area contributed by atoms with Crippen LogP contribution in [0.3, 0.4) is 0 Å². The van der Waals surface area contributed by atoms with E-state index in [2.05, 4.69) is 31.4 Å². The molecule has 0 bridgehead atoms. The van der Waals surface area contributed by atoms with Crippen molar-refractivity contribution in [3.63, 3.8) is 0 Å². The minimum atomic E-state index is -4.50. The number of hydrogen-bond acceptors (Lipinski definition) is 4. The Morgan fingerprint density at radius 3 is 2.30 bits per heavy atom. The fourth-order valence-corrected chi connectivity index (χ4v) is 1.86. The molecule has 0 N–H and O–H groups in total. The monoisotopic (exact) mass is 387 g/mol. The molecule has 0 radical (unpaired) electrons. The van der Waals surface area contributed by atoms with Crippen molar-refractivity contribution in [2.24, 2.45) is 0 Å². The van der Waals surface area contributed by atoms with Crippen molar-refractivity contribution in [3.8, 4) is 5.69 Å². The van der Waals surface area contributed by atoms with Crippen LogP contribution >= 0.6 is 21.4 Å². The van der Waals surface area contributed by atoms with E-state index < -0.39 is 20.3 Å². The van der Waals surface area contributed by atoms with Gasteiger partial charge >= 0.3 is 14.4 Å². The van der Waals surface area contributed by atoms with E-state index in [1.165, 1.54) is 0 Å². The summed E-state index contributed by atoms with van der Waals surface area (Å²) in [6, 6.07) is 7.41. The number of benzene rings is 1. The van der Waals surface area contributed by atoms with Crippen LogP contribution in [0.1, 0.15) is 30.1 Å². The van der Waals surface area contributed by atoms with E-state index in [0.29, 0.717) is 11.6 Å². The van der Waals surface area contributed by atoms with Crippen LogP contribution in [0.2, 0.25) is 0 Å². The fraction of sp³-hybridized carbons (Fsp3) is 0.333. The predicted molar refractivity (Wildman–Crippen MR) is 79.0 cm³/mol. The second-order valence-electron chi connectivity index (χ2n) is 4.76. The molecule has 0 atom stereocenters. The van der Waals surface area contributed by atoms with E-state index in [9.17, 15) is 13.2 Å². The Bertz CT molecular complexity index is 781. The highest BCUT2D eigenvalue weighted by Gasteiger charge is 2.36. The zero-order chi connectivity index (χ0) is 17.3. The van der Waals surface area contributed by atoms with E-state index in [1.807, 2.05) is 18.2 Å². The van der Waals surface area contributed by atoms with Gasteiger partial charge in [-0.1, -0.05) is 12.1 Å². The predicted octanol–water partition coefficient (Wildman–Crippen LogP) is 3.87. The Kier molecular flexibility index (Phi) is 5.22. The second-order valence-corrected chi connectivity index (χ2v) is 8.43. The maximum Gasteiger partial charge on any atom is 0.453 e. The molecule has 1 saturated carbocycles. The Balaban J connectivity index is 0.000000338. The van der Waals surface area contributed by atoms with Gasteiger partial charge in [0.2, 0.25) is 0 Å². The molecule has 1 aliphatic rings. The maximum absolute atomic E-state index is 12.4. The molecule has 11 heteroatoms. The molecule has 1 fully saturated rings. The van der Waals surface area contributed by atoms with Crippen molar-refractivity contribution < 1.29 is 21.6 Å². The number of nitrogens with zero attached hydrogens (tertiary/aromatic N) is 3. The first kappa shape index (κ1) is 18.0. The standard InChI is InChI=1S/C12H10F3N3.Cl2O2S/c13-12(14,15)11-16-7-18(17-11)10-3-1-2-9(6-10)8-4-5-8;1-5(2,3)4/h1-3,6-8H,4-5H2;. The molecule has 1 heterocycles. The largest absolute Gasteiger partial charge is 0.453 e. The number of halogens is 5. The van der Waals surface area contributed by atoms with E-state index in [0.717, 1.165) is 29.4 Å². The van der Waals surface area contributed by atoms with Gasteiger partial charge in [-0.2, -0.15) is 21.6 Å². The van der Waals surface area contributed by atoms with Crippen molar-refractivity contribution in [3.05, 3.63) is 42.0 Å². The quantitative estimate of drug-likeness (QED) is 0.733. The molecule has 5 nitrogen and oxygen atoms in total. The number of alkyl halides is 3. The molecule has 1 aliphatic carbocycles. The third-order valence-electron chi connectivity index (χ3n) is 2.93. The fourth-order valence-electron chi connectivity index (χ4n) is 1.86. The van der Waals surface area contributed by atoms with Crippen molar-refractivity contribution in [1.82, 2.24) is 14.8 Å². The first-order valence-corrected chi connectivity index (χ1v) is 9.41. The molecule has 0 aliphatic heterocycles. The number of rotatable bonds is 2. The average Bonchev–Trinajstić information content (AvgIpc) is 3.12. The lowest BCUT2D eigenvalue weighted by atomic mass is 10.1. The second kappa shape index (κ2) is 6.66. The maximum atomic E-state index is 12.4. The molecule has 0 amide bonds. The van der Waals surface area contributed by atoms with Crippen LogP contribution in [0.15, 0.2) is 30.6 Å². The Labute approximate surface area is 139 Å². The van der Waals surface area contributed by atoms with E-state index in [4.69, 9.17) is 8.42 Å². The normalized spacial score (nSPS) is 15.0. The lowest BCUT2D eigenvalue weighted by molar-refractivity contribution is -0.144. The summed E-state index contributed by atoms with van der Waals surface area (Å²) in [6.07, 6.45) is -1.11. The van der Waals surface area contributed by atoms with Crippen molar-refractivity contribution >= 4 is 29.6 Å². The average molecular weight is 388 g/mol. The van der Waals surface area contributed by atoms with Crippen LogP contribution < -0.4 is 0 Å². The van der Waals surface area contributed by atoms with Crippen LogP contribution in [0.5, 0.6) is 0 Å². The van der Waals surface area contributed by atoms with Gasteiger partial charge in [0.05, 0.1) is 5.69 Å².